The third-order valence-electron chi connectivity index (χ3n) is 3.33. The highest BCUT2D eigenvalue weighted by Gasteiger charge is 2.25. The van der Waals surface area contributed by atoms with Crippen LogP contribution in [0.15, 0.2) is 35.2 Å². The van der Waals surface area contributed by atoms with Gasteiger partial charge < -0.3 is 10.1 Å². The fraction of sp³-hybridized carbons (Fsp3) is 0.133. The van der Waals surface area contributed by atoms with E-state index in [1.807, 2.05) is 0 Å². The predicted molar refractivity (Wildman–Crippen MR) is 93.3 cm³/mol. The molecule has 0 fully saturated rings. The van der Waals surface area contributed by atoms with Crippen LogP contribution in [0.5, 0.6) is 5.75 Å². The first-order chi connectivity index (χ1) is 11.8. The molecule has 0 heterocycles. The number of thiol groups is 1. The van der Waals surface area contributed by atoms with Crippen molar-refractivity contribution in [2.45, 2.75) is 11.8 Å². The smallest absolute Gasteiger partial charge is 0.284 e. The Morgan fingerprint density at radius 3 is 2.36 bits per heavy atom. The van der Waals surface area contributed by atoms with Crippen LogP contribution in [-0.2, 0) is 4.79 Å². The molecule has 1 N–H and O–H groups in total. The number of non-ortho nitro benzene ring substituents is 1. The highest BCUT2D eigenvalue weighted by atomic mass is 32.1. The quantitative estimate of drug-likeness (QED) is 0.476. The Morgan fingerprint density at radius 2 is 1.84 bits per heavy atom. The summed E-state index contributed by atoms with van der Waals surface area (Å²) in [7, 11) is 1.40. The van der Waals surface area contributed by atoms with Crippen LogP contribution in [0.1, 0.15) is 6.92 Å². The minimum Gasteiger partial charge on any atom is -0.496 e. The molecule has 0 aromatic heterocycles. The molecule has 0 saturated carbocycles. The maximum atomic E-state index is 11.4. The number of ether oxygens (including phenoxy) is 1. The summed E-state index contributed by atoms with van der Waals surface area (Å²) in [4.78, 5) is 32.5. The largest absolute Gasteiger partial charge is 0.496 e. The molecule has 2 aromatic carbocycles. The highest BCUT2D eigenvalue weighted by molar-refractivity contribution is 7.80. The Balaban J connectivity index is 2.81. The summed E-state index contributed by atoms with van der Waals surface area (Å²) in [6.45, 7) is 1.29. The van der Waals surface area contributed by atoms with Gasteiger partial charge in [-0.15, -0.1) is 12.6 Å². The summed E-state index contributed by atoms with van der Waals surface area (Å²) >= 11 is 4.34. The third-order valence-corrected chi connectivity index (χ3v) is 3.77. The Kier molecular flexibility index (Phi) is 5.22. The van der Waals surface area contributed by atoms with Crippen molar-refractivity contribution >= 4 is 35.6 Å². The number of nitrogens with zero attached hydrogens (tertiary/aromatic N) is 2. The van der Waals surface area contributed by atoms with Gasteiger partial charge in [0.15, 0.2) is 0 Å². The monoisotopic (exact) mass is 363 g/mol. The average Bonchev–Trinajstić information content (AvgIpc) is 2.54. The average molecular weight is 363 g/mol. The number of carbonyl (C=O) groups excluding carboxylic acids is 1. The lowest BCUT2D eigenvalue weighted by atomic mass is 10.00. The van der Waals surface area contributed by atoms with Crippen molar-refractivity contribution in [2.75, 3.05) is 12.4 Å². The van der Waals surface area contributed by atoms with Crippen molar-refractivity contribution in [3.63, 3.8) is 0 Å². The van der Waals surface area contributed by atoms with Crippen molar-refractivity contribution in [3.05, 3.63) is 50.6 Å². The van der Waals surface area contributed by atoms with Crippen molar-refractivity contribution in [2.24, 2.45) is 0 Å². The van der Waals surface area contributed by atoms with Gasteiger partial charge in [0.2, 0.25) is 5.91 Å². The molecule has 0 saturated heterocycles. The first-order valence-corrected chi connectivity index (χ1v) is 7.31. The minimum absolute atomic E-state index is 0.0725. The molecule has 1 amide bonds. The first-order valence-electron chi connectivity index (χ1n) is 6.87. The molecule has 0 bridgehead atoms. The molecule has 0 aliphatic heterocycles. The Hall–Kier alpha value is -3.14. The van der Waals surface area contributed by atoms with E-state index in [2.05, 4.69) is 17.9 Å². The lowest BCUT2D eigenvalue weighted by Crippen LogP contribution is -2.08. The van der Waals surface area contributed by atoms with Crippen LogP contribution in [0, 0.1) is 20.2 Å². The summed E-state index contributed by atoms with van der Waals surface area (Å²) < 4.78 is 5.16. The molecule has 0 aliphatic carbocycles. The van der Waals surface area contributed by atoms with Gasteiger partial charge in [0, 0.05) is 18.6 Å². The van der Waals surface area contributed by atoms with E-state index in [9.17, 15) is 25.0 Å². The zero-order chi connectivity index (χ0) is 18.7. The maximum absolute atomic E-state index is 11.4. The standard InChI is InChI=1S/C15H13N3O6S/c1-8(19)16-11-5-6-13(24-2)15(25)14(11)10-4-3-9(17(20)21)7-12(10)18(22)23/h3-7,25H,1-2H3,(H,16,19). The van der Waals surface area contributed by atoms with Crippen LogP contribution < -0.4 is 10.1 Å². The second kappa shape index (κ2) is 7.18. The summed E-state index contributed by atoms with van der Waals surface area (Å²) in [5, 5.41) is 24.9. The minimum atomic E-state index is -0.730. The summed E-state index contributed by atoms with van der Waals surface area (Å²) in [5.41, 5.74) is -0.317. The number of nitro benzene ring substituents is 2. The molecule has 0 spiro atoms. The third kappa shape index (κ3) is 3.69. The Bertz CT molecular complexity index is 884. The van der Waals surface area contributed by atoms with Gasteiger partial charge in [-0.1, -0.05) is 0 Å². The zero-order valence-corrected chi connectivity index (χ0v) is 14.1. The van der Waals surface area contributed by atoms with Gasteiger partial charge in [-0.25, -0.2) is 0 Å². The molecule has 2 aromatic rings. The molecule has 9 nitrogen and oxygen atoms in total. The van der Waals surface area contributed by atoms with Gasteiger partial charge >= 0.3 is 0 Å². The van der Waals surface area contributed by atoms with Gasteiger partial charge in [-0.3, -0.25) is 25.0 Å². The molecule has 0 radical (unpaired) electrons. The number of nitrogens with one attached hydrogen (secondary N) is 1. The molecule has 0 aliphatic rings. The van der Waals surface area contributed by atoms with Gasteiger partial charge in [-0.2, -0.15) is 0 Å². The number of hydrogen-bond acceptors (Lipinski definition) is 7. The number of carbonyl (C=O) groups is 1. The maximum Gasteiger partial charge on any atom is 0.284 e. The molecule has 130 valence electrons. The van der Waals surface area contributed by atoms with Crippen LogP contribution in [0.25, 0.3) is 11.1 Å². The normalized spacial score (nSPS) is 10.2. The summed E-state index contributed by atoms with van der Waals surface area (Å²) in [6.07, 6.45) is 0. The van der Waals surface area contributed by atoms with Gasteiger partial charge in [-0.05, 0) is 18.2 Å². The topological polar surface area (TPSA) is 125 Å². The van der Waals surface area contributed by atoms with E-state index < -0.39 is 21.2 Å². The fourth-order valence-corrected chi connectivity index (χ4v) is 2.71. The number of anilines is 1. The van der Waals surface area contributed by atoms with Crippen LogP contribution in [0.3, 0.4) is 0 Å². The molecule has 2 rings (SSSR count). The summed E-state index contributed by atoms with van der Waals surface area (Å²) in [5.74, 6) is -0.0520. The Morgan fingerprint density at radius 1 is 1.16 bits per heavy atom. The number of benzene rings is 2. The lowest BCUT2D eigenvalue weighted by molar-refractivity contribution is -0.393. The number of amides is 1. The van der Waals surface area contributed by atoms with E-state index in [1.54, 1.807) is 6.07 Å². The van der Waals surface area contributed by atoms with Gasteiger partial charge in [0.1, 0.15) is 5.75 Å². The Labute approximate surface area is 147 Å². The van der Waals surface area contributed by atoms with Crippen molar-refractivity contribution < 1.29 is 19.4 Å². The van der Waals surface area contributed by atoms with Crippen molar-refractivity contribution in [1.82, 2.24) is 0 Å². The highest BCUT2D eigenvalue weighted by Crippen LogP contribution is 2.44. The van der Waals surface area contributed by atoms with Crippen molar-refractivity contribution in [3.8, 4) is 16.9 Å². The van der Waals surface area contributed by atoms with Crippen LogP contribution in [-0.4, -0.2) is 22.9 Å². The van der Waals surface area contributed by atoms with E-state index in [4.69, 9.17) is 4.74 Å². The van der Waals surface area contributed by atoms with Gasteiger partial charge in [0.25, 0.3) is 11.4 Å². The van der Waals surface area contributed by atoms with E-state index in [0.29, 0.717) is 5.75 Å². The van der Waals surface area contributed by atoms with E-state index >= 15 is 0 Å². The van der Waals surface area contributed by atoms with Crippen LogP contribution >= 0.6 is 12.6 Å². The molecule has 0 atom stereocenters. The van der Waals surface area contributed by atoms with E-state index in [0.717, 1.165) is 12.1 Å². The molecule has 10 heteroatoms. The zero-order valence-electron chi connectivity index (χ0n) is 13.2. The van der Waals surface area contributed by atoms with Crippen LogP contribution in [0.4, 0.5) is 17.1 Å². The SMILES string of the molecule is COc1ccc(NC(C)=O)c(-c2ccc([N+](=O)[O-])cc2[N+](=O)[O-])c1S. The molecular weight excluding hydrogens is 350 g/mol. The first kappa shape index (κ1) is 18.2. The van der Waals surface area contributed by atoms with E-state index in [-0.39, 0.29) is 27.6 Å². The molecule has 0 unspecified atom stereocenters. The predicted octanol–water partition coefficient (Wildman–Crippen LogP) is 3.43. The number of rotatable bonds is 5. The van der Waals surface area contributed by atoms with E-state index in [1.165, 1.54) is 26.2 Å². The van der Waals surface area contributed by atoms with Gasteiger partial charge in [0.05, 0.1) is 39.2 Å². The van der Waals surface area contributed by atoms with Crippen molar-refractivity contribution in [1.29, 1.82) is 0 Å². The number of methoxy groups -OCH3 is 1. The lowest BCUT2D eigenvalue weighted by Gasteiger charge is -2.15. The number of hydrogen-bond donors (Lipinski definition) is 2. The second-order valence-corrected chi connectivity index (χ2v) is 5.38. The molecule has 25 heavy (non-hydrogen) atoms. The van der Waals surface area contributed by atoms with Crippen LogP contribution in [0.2, 0.25) is 0 Å². The fourth-order valence-electron chi connectivity index (χ4n) is 2.30. The number of nitro groups is 2. The molecular formula is C15H13N3O6S. The second-order valence-electron chi connectivity index (χ2n) is 4.94. The summed E-state index contributed by atoms with van der Waals surface area (Å²) in [6, 6.07) is 6.32.